The molecule has 1 atom stereocenters. The van der Waals surface area contributed by atoms with Crippen LogP contribution in [0.1, 0.15) is 32.2 Å². The van der Waals surface area contributed by atoms with Crippen LogP contribution in [0.3, 0.4) is 0 Å². The summed E-state index contributed by atoms with van der Waals surface area (Å²) in [7, 11) is 0. The van der Waals surface area contributed by atoms with Gasteiger partial charge in [-0.15, -0.1) is 10.2 Å². The fraction of sp³-hybridized carbons (Fsp3) is 0.444. The maximum absolute atomic E-state index is 12.3. The molecule has 6 nitrogen and oxygen atoms in total. The molecule has 0 aliphatic heterocycles. The van der Waals surface area contributed by atoms with Gasteiger partial charge in [0.15, 0.2) is 5.16 Å². The Hall–Kier alpha value is -2.33. The molecule has 0 radical (unpaired) electrons. The number of benzene rings is 1. The minimum atomic E-state index is -0.877. The molecule has 25 heavy (non-hydrogen) atoms. The van der Waals surface area contributed by atoms with Crippen LogP contribution in [0.4, 0.5) is 0 Å². The molecule has 0 aliphatic rings. The van der Waals surface area contributed by atoms with Gasteiger partial charge < -0.3 is 5.32 Å². The van der Waals surface area contributed by atoms with Gasteiger partial charge in [-0.3, -0.25) is 9.36 Å². The second-order valence-corrected chi connectivity index (χ2v) is 7.45. The van der Waals surface area contributed by atoms with Crippen LogP contribution < -0.4 is 5.32 Å². The van der Waals surface area contributed by atoms with Crippen LogP contribution in [-0.2, 0) is 4.79 Å². The number of thioether (sulfide) groups is 1. The summed E-state index contributed by atoms with van der Waals surface area (Å²) in [5.41, 5.74) is 1.26. The summed E-state index contributed by atoms with van der Waals surface area (Å²) in [5, 5.41) is 21.1. The lowest BCUT2D eigenvalue weighted by Gasteiger charge is -2.27. The summed E-state index contributed by atoms with van der Waals surface area (Å²) in [4.78, 5) is 12.3. The summed E-state index contributed by atoms with van der Waals surface area (Å²) < 4.78 is 1.92. The van der Waals surface area contributed by atoms with E-state index in [0.717, 1.165) is 11.5 Å². The molecular formula is C18H23N5OS. The van der Waals surface area contributed by atoms with Crippen LogP contribution >= 0.6 is 11.8 Å². The van der Waals surface area contributed by atoms with Crippen molar-refractivity contribution in [2.45, 2.75) is 45.3 Å². The molecule has 0 unspecified atom stereocenters. The van der Waals surface area contributed by atoms with Crippen molar-refractivity contribution in [3.63, 3.8) is 0 Å². The number of nitrogens with one attached hydrogen (secondary N) is 1. The highest BCUT2D eigenvalue weighted by Crippen LogP contribution is 2.22. The normalized spacial score (nSPS) is 13.3. The average Bonchev–Trinajstić information content (AvgIpc) is 2.94. The Morgan fingerprint density at radius 3 is 2.52 bits per heavy atom. The summed E-state index contributed by atoms with van der Waals surface area (Å²) in [6, 6.07) is 10.2. The molecule has 1 heterocycles. The van der Waals surface area contributed by atoms with Gasteiger partial charge in [0.25, 0.3) is 0 Å². The Labute approximate surface area is 152 Å². The SMILES string of the molecule is Cc1ccc(-n2c(C)nnc2SCC(=O)N[C@@](C)(C#N)C(C)C)cc1. The van der Waals surface area contributed by atoms with E-state index >= 15 is 0 Å². The van der Waals surface area contributed by atoms with Crippen molar-refractivity contribution in [2.24, 2.45) is 5.92 Å². The van der Waals surface area contributed by atoms with Crippen LogP contribution in [0, 0.1) is 31.1 Å². The first kappa shape index (κ1) is 19.0. The van der Waals surface area contributed by atoms with Gasteiger partial charge >= 0.3 is 0 Å². The maximum Gasteiger partial charge on any atom is 0.231 e. The summed E-state index contributed by atoms with van der Waals surface area (Å²) in [6.45, 7) is 9.47. The molecule has 1 aromatic heterocycles. The van der Waals surface area contributed by atoms with E-state index in [9.17, 15) is 10.1 Å². The predicted molar refractivity (Wildman–Crippen MR) is 98.6 cm³/mol. The number of hydrogen-bond donors (Lipinski definition) is 1. The third kappa shape index (κ3) is 4.40. The zero-order valence-corrected chi connectivity index (χ0v) is 16.0. The first-order chi connectivity index (χ1) is 11.8. The quantitative estimate of drug-likeness (QED) is 0.804. The van der Waals surface area contributed by atoms with Crippen LogP contribution in [0.25, 0.3) is 5.69 Å². The standard InChI is InChI=1S/C18H23N5OS/c1-12(2)18(5,11-19)20-16(24)10-25-17-22-21-14(4)23(17)15-8-6-13(3)7-9-15/h6-9,12H,10H2,1-5H3,(H,20,24)/t18-/m0/s1. The first-order valence-electron chi connectivity index (χ1n) is 8.11. The van der Waals surface area contributed by atoms with E-state index < -0.39 is 5.54 Å². The number of rotatable bonds is 6. The van der Waals surface area contributed by atoms with Crippen molar-refractivity contribution in [2.75, 3.05) is 5.75 Å². The molecule has 0 saturated heterocycles. The molecular weight excluding hydrogens is 334 g/mol. The van der Waals surface area contributed by atoms with Crippen molar-refractivity contribution in [3.05, 3.63) is 35.7 Å². The lowest BCUT2D eigenvalue weighted by Crippen LogP contribution is -2.49. The van der Waals surface area contributed by atoms with E-state index in [1.54, 1.807) is 6.92 Å². The van der Waals surface area contributed by atoms with Gasteiger partial charge in [-0.05, 0) is 38.8 Å². The van der Waals surface area contributed by atoms with Gasteiger partial charge in [0, 0.05) is 5.69 Å². The molecule has 132 valence electrons. The number of hydrogen-bond acceptors (Lipinski definition) is 5. The number of aryl methyl sites for hydroxylation is 2. The molecule has 0 fully saturated rings. The largest absolute Gasteiger partial charge is 0.337 e. The van der Waals surface area contributed by atoms with Gasteiger partial charge in [0.05, 0.1) is 11.8 Å². The first-order valence-corrected chi connectivity index (χ1v) is 9.09. The Bertz CT molecular complexity index is 791. The zero-order chi connectivity index (χ0) is 18.6. The molecule has 0 saturated carbocycles. The summed E-state index contributed by atoms with van der Waals surface area (Å²) in [5.74, 6) is 0.758. The third-order valence-electron chi connectivity index (χ3n) is 4.21. The molecule has 7 heteroatoms. The van der Waals surface area contributed by atoms with Crippen LogP contribution in [0.5, 0.6) is 0 Å². The van der Waals surface area contributed by atoms with Crippen LogP contribution in [-0.4, -0.2) is 32.0 Å². The highest BCUT2D eigenvalue weighted by Gasteiger charge is 2.30. The highest BCUT2D eigenvalue weighted by atomic mass is 32.2. The minimum Gasteiger partial charge on any atom is -0.337 e. The van der Waals surface area contributed by atoms with Gasteiger partial charge in [-0.2, -0.15) is 5.26 Å². The topological polar surface area (TPSA) is 83.6 Å². The molecule has 1 aromatic carbocycles. The van der Waals surface area contributed by atoms with E-state index in [2.05, 4.69) is 21.6 Å². The van der Waals surface area contributed by atoms with Gasteiger partial charge in [-0.25, -0.2) is 0 Å². The fourth-order valence-corrected chi connectivity index (χ4v) is 2.98. The van der Waals surface area contributed by atoms with Gasteiger partial charge in [-0.1, -0.05) is 43.3 Å². The number of aromatic nitrogens is 3. The lowest BCUT2D eigenvalue weighted by atomic mass is 9.90. The monoisotopic (exact) mass is 357 g/mol. The number of carbonyl (C=O) groups is 1. The summed E-state index contributed by atoms with van der Waals surface area (Å²) >= 11 is 1.31. The smallest absolute Gasteiger partial charge is 0.231 e. The van der Waals surface area contributed by atoms with Crippen molar-refractivity contribution in [3.8, 4) is 11.8 Å². The number of amides is 1. The number of nitriles is 1. The van der Waals surface area contributed by atoms with E-state index in [4.69, 9.17) is 0 Å². The minimum absolute atomic E-state index is 0.0184. The molecule has 0 bridgehead atoms. The predicted octanol–water partition coefficient (Wildman–Crippen LogP) is 3.03. The Morgan fingerprint density at radius 1 is 1.32 bits per heavy atom. The van der Waals surface area contributed by atoms with E-state index in [-0.39, 0.29) is 17.6 Å². The zero-order valence-electron chi connectivity index (χ0n) is 15.2. The summed E-state index contributed by atoms with van der Waals surface area (Å²) in [6.07, 6.45) is 0. The Kier molecular flexibility index (Phi) is 5.85. The lowest BCUT2D eigenvalue weighted by molar-refractivity contribution is -0.120. The van der Waals surface area contributed by atoms with Crippen molar-refractivity contribution in [1.29, 1.82) is 5.26 Å². The highest BCUT2D eigenvalue weighted by molar-refractivity contribution is 7.99. The molecule has 1 amide bonds. The molecule has 1 N–H and O–H groups in total. The van der Waals surface area contributed by atoms with Crippen LogP contribution in [0.2, 0.25) is 0 Å². The third-order valence-corrected chi connectivity index (χ3v) is 5.13. The van der Waals surface area contributed by atoms with Crippen molar-refractivity contribution < 1.29 is 4.79 Å². The second kappa shape index (κ2) is 7.70. The average molecular weight is 357 g/mol. The van der Waals surface area contributed by atoms with E-state index in [1.165, 1.54) is 17.3 Å². The molecule has 2 aromatic rings. The molecule has 2 rings (SSSR count). The maximum atomic E-state index is 12.3. The van der Waals surface area contributed by atoms with Crippen LogP contribution in [0.15, 0.2) is 29.4 Å². The van der Waals surface area contributed by atoms with E-state index in [1.807, 2.05) is 56.5 Å². The number of carbonyl (C=O) groups excluding carboxylic acids is 1. The fourth-order valence-electron chi connectivity index (χ4n) is 2.18. The Morgan fingerprint density at radius 2 is 1.96 bits per heavy atom. The Balaban J connectivity index is 2.11. The van der Waals surface area contributed by atoms with Gasteiger partial charge in [0.2, 0.25) is 5.91 Å². The van der Waals surface area contributed by atoms with Crippen molar-refractivity contribution in [1.82, 2.24) is 20.1 Å². The number of nitrogens with zero attached hydrogens (tertiary/aromatic N) is 4. The molecule has 0 aliphatic carbocycles. The molecule has 0 spiro atoms. The second-order valence-electron chi connectivity index (χ2n) is 6.51. The van der Waals surface area contributed by atoms with E-state index in [0.29, 0.717) is 5.16 Å². The van der Waals surface area contributed by atoms with Gasteiger partial charge in [0.1, 0.15) is 11.4 Å². The van der Waals surface area contributed by atoms with Crippen molar-refractivity contribution >= 4 is 17.7 Å².